The van der Waals surface area contributed by atoms with Crippen molar-refractivity contribution in [2.24, 2.45) is 5.92 Å². The fourth-order valence-corrected chi connectivity index (χ4v) is 3.69. The molecule has 0 bridgehead atoms. The number of hydrogen-bond acceptors (Lipinski definition) is 2. The van der Waals surface area contributed by atoms with Crippen LogP contribution in [0.2, 0.25) is 0 Å². The topological polar surface area (TPSA) is 46.4 Å². The van der Waals surface area contributed by atoms with Crippen LogP contribution in [0.4, 0.5) is 0 Å². The quantitative estimate of drug-likeness (QED) is 0.799. The summed E-state index contributed by atoms with van der Waals surface area (Å²) in [6.07, 6.45) is 4.58. The summed E-state index contributed by atoms with van der Waals surface area (Å²) in [6, 6.07) is 12.5. The highest BCUT2D eigenvalue weighted by Gasteiger charge is 2.27. The Morgan fingerprint density at radius 2 is 2.08 bits per heavy atom. The number of aryl methyl sites for hydroxylation is 3. The van der Waals surface area contributed by atoms with Gasteiger partial charge < -0.3 is 9.72 Å². The van der Waals surface area contributed by atoms with Crippen molar-refractivity contribution in [2.75, 3.05) is 0 Å². The average molecular weight is 333 g/mol. The molecular weight excluding hydrogens is 310 g/mol. The van der Waals surface area contributed by atoms with Crippen LogP contribution >= 0.6 is 0 Å². The Kier molecular flexibility index (Phi) is 4.04. The van der Waals surface area contributed by atoms with E-state index in [1.807, 2.05) is 6.07 Å². The zero-order chi connectivity index (χ0) is 17.4. The minimum Gasteiger partial charge on any atom is -0.352 e. The molecule has 2 aromatic heterocycles. The summed E-state index contributed by atoms with van der Waals surface area (Å²) in [5.74, 6) is 0.174. The number of benzene rings is 1. The molecule has 25 heavy (non-hydrogen) atoms. The first-order valence-electron chi connectivity index (χ1n) is 8.90. The van der Waals surface area contributed by atoms with Gasteiger partial charge in [-0.05, 0) is 49.9 Å². The number of pyridine rings is 1. The van der Waals surface area contributed by atoms with Gasteiger partial charge in [0.1, 0.15) is 5.65 Å². The second-order valence-corrected chi connectivity index (χ2v) is 7.08. The van der Waals surface area contributed by atoms with E-state index in [9.17, 15) is 4.79 Å². The van der Waals surface area contributed by atoms with E-state index in [1.54, 1.807) is 0 Å². The zero-order valence-electron chi connectivity index (χ0n) is 14.7. The van der Waals surface area contributed by atoms with Gasteiger partial charge in [0.2, 0.25) is 5.91 Å². The monoisotopic (exact) mass is 333 g/mol. The lowest BCUT2D eigenvalue weighted by molar-refractivity contribution is -0.125. The van der Waals surface area contributed by atoms with Crippen molar-refractivity contribution in [3.63, 3.8) is 0 Å². The third kappa shape index (κ3) is 3.16. The smallest absolute Gasteiger partial charge is 0.223 e. The number of nitrogens with zero attached hydrogens (tertiary/aromatic N) is 2. The molecular formula is C21H23N3O. The number of carbonyl (C=O) groups excluding carboxylic acids is 1. The lowest BCUT2D eigenvalue weighted by Crippen LogP contribution is -2.34. The van der Waals surface area contributed by atoms with Crippen LogP contribution in [0.3, 0.4) is 0 Å². The van der Waals surface area contributed by atoms with Crippen molar-refractivity contribution >= 4 is 11.6 Å². The Labute approximate surface area is 147 Å². The Balaban J connectivity index is 1.48. The first kappa shape index (κ1) is 15.9. The van der Waals surface area contributed by atoms with Gasteiger partial charge in [0.15, 0.2) is 0 Å². The SMILES string of the molecule is Cc1cccc(CNC(=O)C2CCc3nc4cc(C)ccn4c3C2)c1. The lowest BCUT2D eigenvalue weighted by Gasteiger charge is -2.21. The molecule has 1 N–H and O–H groups in total. The molecule has 1 amide bonds. The number of hydrogen-bond donors (Lipinski definition) is 1. The lowest BCUT2D eigenvalue weighted by atomic mass is 9.89. The predicted molar refractivity (Wildman–Crippen MR) is 98.5 cm³/mol. The standard InChI is InChI=1S/C21H23N3O/c1-14-4-3-5-16(10-14)13-22-21(25)17-6-7-18-19(12-17)24-9-8-15(2)11-20(24)23-18/h3-5,8-11,17H,6-7,12-13H2,1-2H3,(H,22,25). The fraction of sp³-hybridized carbons (Fsp3) is 0.333. The second-order valence-electron chi connectivity index (χ2n) is 7.08. The van der Waals surface area contributed by atoms with Gasteiger partial charge in [0.05, 0.1) is 5.69 Å². The summed E-state index contributed by atoms with van der Waals surface area (Å²) >= 11 is 0. The number of aromatic nitrogens is 2. The van der Waals surface area contributed by atoms with E-state index in [2.05, 4.69) is 60.1 Å². The van der Waals surface area contributed by atoms with E-state index < -0.39 is 0 Å². The third-order valence-electron chi connectivity index (χ3n) is 5.05. The first-order chi connectivity index (χ1) is 12.1. The molecule has 0 saturated carbocycles. The minimum atomic E-state index is 0.0264. The maximum atomic E-state index is 12.6. The van der Waals surface area contributed by atoms with Gasteiger partial charge in [-0.25, -0.2) is 4.98 Å². The minimum absolute atomic E-state index is 0.0264. The summed E-state index contributed by atoms with van der Waals surface area (Å²) in [7, 11) is 0. The van der Waals surface area contributed by atoms with E-state index in [0.29, 0.717) is 6.54 Å². The third-order valence-corrected chi connectivity index (χ3v) is 5.05. The zero-order valence-corrected chi connectivity index (χ0v) is 14.7. The number of imidazole rings is 1. The van der Waals surface area contributed by atoms with Gasteiger partial charge in [0.25, 0.3) is 0 Å². The highest BCUT2D eigenvalue weighted by molar-refractivity contribution is 5.79. The van der Waals surface area contributed by atoms with Crippen LogP contribution in [0.1, 0.15) is 34.5 Å². The molecule has 1 aromatic carbocycles. The van der Waals surface area contributed by atoms with Crippen molar-refractivity contribution in [3.8, 4) is 0 Å². The van der Waals surface area contributed by atoms with Crippen LogP contribution in [-0.2, 0) is 24.2 Å². The van der Waals surface area contributed by atoms with Gasteiger partial charge in [0, 0.05) is 30.8 Å². The molecule has 1 atom stereocenters. The summed E-state index contributed by atoms with van der Waals surface area (Å²) in [6.45, 7) is 4.74. The Morgan fingerprint density at radius 1 is 1.24 bits per heavy atom. The Morgan fingerprint density at radius 3 is 2.92 bits per heavy atom. The molecule has 1 unspecified atom stereocenters. The summed E-state index contributed by atoms with van der Waals surface area (Å²) in [5, 5.41) is 3.11. The van der Waals surface area contributed by atoms with Crippen molar-refractivity contribution in [1.29, 1.82) is 0 Å². The molecule has 0 saturated heterocycles. The van der Waals surface area contributed by atoms with Crippen LogP contribution < -0.4 is 5.32 Å². The molecule has 4 nitrogen and oxygen atoms in total. The van der Waals surface area contributed by atoms with Crippen molar-refractivity contribution < 1.29 is 4.79 Å². The second kappa shape index (κ2) is 6.36. The Bertz CT molecular complexity index is 941. The van der Waals surface area contributed by atoms with Gasteiger partial charge in [-0.1, -0.05) is 29.8 Å². The average Bonchev–Trinajstić information content (AvgIpc) is 2.96. The van der Waals surface area contributed by atoms with Gasteiger partial charge in [-0.2, -0.15) is 0 Å². The van der Waals surface area contributed by atoms with Gasteiger partial charge in [-0.15, -0.1) is 0 Å². The van der Waals surface area contributed by atoms with Crippen LogP contribution in [0.5, 0.6) is 0 Å². The van der Waals surface area contributed by atoms with Crippen molar-refractivity contribution in [2.45, 2.75) is 39.7 Å². The van der Waals surface area contributed by atoms with E-state index in [1.165, 1.54) is 16.8 Å². The van der Waals surface area contributed by atoms with E-state index in [0.717, 1.165) is 36.2 Å². The molecule has 0 radical (unpaired) electrons. The van der Waals surface area contributed by atoms with Gasteiger partial charge in [-0.3, -0.25) is 4.79 Å². The van der Waals surface area contributed by atoms with Crippen LogP contribution in [0.25, 0.3) is 5.65 Å². The van der Waals surface area contributed by atoms with Crippen LogP contribution in [0.15, 0.2) is 42.6 Å². The first-order valence-corrected chi connectivity index (χ1v) is 8.90. The molecule has 3 aromatic rings. The van der Waals surface area contributed by atoms with E-state index >= 15 is 0 Å². The summed E-state index contributed by atoms with van der Waals surface area (Å²) in [4.78, 5) is 17.4. The molecule has 4 heteroatoms. The molecule has 1 aliphatic carbocycles. The number of rotatable bonds is 3. The Hall–Kier alpha value is -2.62. The van der Waals surface area contributed by atoms with Gasteiger partial charge >= 0.3 is 0 Å². The largest absolute Gasteiger partial charge is 0.352 e. The maximum Gasteiger partial charge on any atom is 0.223 e. The normalized spacial score (nSPS) is 16.6. The molecule has 0 fully saturated rings. The van der Waals surface area contributed by atoms with Crippen LogP contribution in [0, 0.1) is 19.8 Å². The summed E-state index contributed by atoms with van der Waals surface area (Å²) < 4.78 is 2.14. The van der Waals surface area contributed by atoms with Crippen molar-refractivity contribution in [3.05, 3.63) is 70.7 Å². The van der Waals surface area contributed by atoms with E-state index in [-0.39, 0.29) is 11.8 Å². The van der Waals surface area contributed by atoms with Crippen LogP contribution in [-0.4, -0.2) is 15.3 Å². The number of amides is 1. The number of fused-ring (bicyclic) bond motifs is 3. The fourth-order valence-electron chi connectivity index (χ4n) is 3.69. The number of carbonyl (C=O) groups is 1. The predicted octanol–water partition coefficient (Wildman–Crippen LogP) is 3.37. The molecule has 0 spiro atoms. The molecule has 4 rings (SSSR count). The highest BCUT2D eigenvalue weighted by atomic mass is 16.1. The summed E-state index contributed by atoms with van der Waals surface area (Å²) in [5.41, 5.74) is 6.91. The molecule has 2 heterocycles. The maximum absolute atomic E-state index is 12.6. The molecule has 0 aliphatic heterocycles. The molecule has 128 valence electrons. The number of nitrogens with one attached hydrogen (secondary N) is 1. The van der Waals surface area contributed by atoms with E-state index in [4.69, 9.17) is 4.98 Å². The highest BCUT2D eigenvalue weighted by Crippen LogP contribution is 2.27. The molecule has 1 aliphatic rings. The van der Waals surface area contributed by atoms with Crippen molar-refractivity contribution in [1.82, 2.24) is 14.7 Å².